The van der Waals surface area contributed by atoms with Gasteiger partial charge in [0.05, 0.1) is 5.69 Å². The van der Waals surface area contributed by atoms with Gasteiger partial charge >= 0.3 is 0 Å². The first-order valence-electron chi connectivity index (χ1n) is 14.9. The quantitative estimate of drug-likeness (QED) is 0.170. The van der Waals surface area contributed by atoms with E-state index in [0.29, 0.717) is 0 Å². The summed E-state index contributed by atoms with van der Waals surface area (Å²) in [5.74, 6) is 0. The molecule has 0 amide bonds. The zero-order chi connectivity index (χ0) is 25.0. The number of aromatic amines is 1. The van der Waals surface area contributed by atoms with E-state index in [1.807, 2.05) is 0 Å². The summed E-state index contributed by atoms with van der Waals surface area (Å²) in [6.45, 7) is 10.3. The van der Waals surface area contributed by atoms with E-state index in [1.165, 1.54) is 121 Å². The highest BCUT2D eigenvalue weighted by molar-refractivity contribution is 5.61. The average Bonchev–Trinajstić information content (AvgIpc) is 3.34. The Labute approximate surface area is 216 Å². The van der Waals surface area contributed by atoms with Gasteiger partial charge in [-0.3, -0.25) is 0 Å². The Balaban J connectivity index is 1.76. The first-order valence-corrected chi connectivity index (χ1v) is 14.9. The number of hydrogen-bond acceptors (Lipinski definition) is 3. The monoisotopic (exact) mass is 482 g/mol. The number of H-pyrrole nitrogens is 1. The zero-order valence-corrected chi connectivity index (χ0v) is 23.3. The molecule has 0 aliphatic rings. The molecule has 0 spiro atoms. The van der Waals surface area contributed by atoms with Crippen LogP contribution >= 0.6 is 0 Å². The SMILES string of the molecule is CCCCCCCCCCN(CCCCCCCCCC)CCc1n[nH]nc1-c1ccc(C)cc1. The third-order valence-corrected chi connectivity index (χ3v) is 7.27. The molecule has 1 aromatic heterocycles. The lowest BCUT2D eigenvalue weighted by molar-refractivity contribution is 0.262. The second-order valence-corrected chi connectivity index (χ2v) is 10.5. The summed E-state index contributed by atoms with van der Waals surface area (Å²) in [5, 5.41) is 11.9. The molecule has 0 bridgehead atoms. The molecule has 0 atom stereocenters. The normalized spacial score (nSPS) is 11.5. The highest BCUT2D eigenvalue weighted by Crippen LogP contribution is 2.21. The number of benzene rings is 1. The van der Waals surface area contributed by atoms with Gasteiger partial charge in [-0.25, -0.2) is 0 Å². The van der Waals surface area contributed by atoms with E-state index >= 15 is 0 Å². The Kier molecular flexibility index (Phi) is 16.5. The number of nitrogens with zero attached hydrogens (tertiary/aromatic N) is 3. The van der Waals surface area contributed by atoms with E-state index in [1.54, 1.807) is 0 Å². The number of aryl methyl sites for hydroxylation is 1. The Morgan fingerprint density at radius 1 is 0.600 bits per heavy atom. The van der Waals surface area contributed by atoms with Crippen LogP contribution in [0.3, 0.4) is 0 Å². The molecule has 0 aliphatic heterocycles. The molecule has 0 aliphatic carbocycles. The molecule has 4 heteroatoms. The molecule has 198 valence electrons. The van der Waals surface area contributed by atoms with Crippen LogP contribution in [0.25, 0.3) is 11.3 Å². The van der Waals surface area contributed by atoms with Gasteiger partial charge in [0.25, 0.3) is 0 Å². The van der Waals surface area contributed by atoms with Crippen LogP contribution < -0.4 is 0 Å². The molecule has 2 rings (SSSR count). The lowest BCUT2D eigenvalue weighted by Gasteiger charge is -2.22. The fourth-order valence-corrected chi connectivity index (χ4v) is 4.91. The lowest BCUT2D eigenvalue weighted by atomic mass is 10.1. The minimum atomic E-state index is 0.966. The predicted octanol–water partition coefficient (Wildman–Crippen LogP) is 8.91. The van der Waals surface area contributed by atoms with Crippen molar-refractivity contribution in [2.45, 2.75) is 130 Å². The smallest absolute Gasteiger partial charge is 0.116 e. The summed E-state index contributed by atoms with van der Waals surface area (Å²) in [4.78, 5) is 2.70. The molecule has 0 saturated heterocycles. The van der Waals surface area contributed by atoms with Gasteiger partial charge in [-0.05, 0) is 32.9 Å². The molecule has 0 unspecified atom stereocenters. The highest BCUT2D eigenvalue weighted by atomic mass is 15.3. The van der Waals surface area contributed by atoms with E-state index in [-0.39, 0.29) is 0 Å². The van der Waals surface area contributed by atoms with Crippen LogP contribution in [0.4, 0.5) is 0 Å². The minimum Gasteiger partial charge on any atom is -0.303 e. The van der Waals surface area contributed by atoms with Crippen LogP contribution in [0.15, 0.2) is 24.3 Å². The Morgan fingerprint density at radius 2 is 1.09 bits per heavy atom. The van der Waals surface area contributed by atoms with E-state index in [2.05, 4.69) is 65.3 Å². The maximum Gasteiger partial charge on any atom is 0.116 e. The molecule has 1 aromatic carbocycles. The van der Waals surface area contributed by atoms with Crippen molar-refractivity contribution in [3.63, 3.8) is 0 Å². The molecule has 1 N–H and O–H groups in total. The Hall–Kier alpha value is -1.68. The molecule has 2 aromatic rings. The summed E-state index contributed by atoms with van der Waals surface area (Å²) < 4.78 is 0. The number of aromatic nitrogens is 3. The van der Waals surface area contributed by atoms with Gasteiger partial charge in [-0.15, -0.1) is 0 Å². The number of nitrogens with one attached hydrogen (secondary N) is 1. The standard InChI is InChI=1S/C31H54N4/c1-4-6-8-10-12-14-16-18-25-35(26-19-17-15-13-11-9-7-5-2)27-24-30-31(33-34-32-30)29-22-20-28(3)21-23-29/h20-23H,4-19,24-27H2,1-3H3,(H,32,33,34). The van der Waals surface area contributed by atoms with Crippen LogP contribution in [0.1, 0.15) is 128 Å². The van der Waals surface area contributed by atoms with Crippen molar-refractivity contribution in [3.05, 3.63) is 35.5 Å². The third-order valence-electron chi connectivity index (χ3n) is 7.27. The van der Waals surface area contributed by atoms with E-state index in [0.717, 1.165) is 29.9 Å². The minimum absolute atomic E-state index is 0.966. The maximum absolute atomic E-state index is 4.51. The molecule has 4 nitrogen and oxygen atoms in total. The second kappa shape index (κ2) is 19.5. The van der Waals surface area contributed by atoms with Gasteiger partial charge in [-0.1, -0.05) is 134 Å². The van der Waals surface area contributed by atoms with Crippen LogP contribution in [0, 0.1) is 6.92 Å². The molecule has 0 radical (unpaired) electrons. The lowest BCUT2D eigenvalue weighted by Crippen LogP contribution is -2.28. The van der Waals surface area contributed by atoms with Gasteiger partial charge < -0.3 is 4.90 Å². The van der Waals surface area contributed by atoms with Crippen molar-refractivity contribution in [2.75, 3.05) is 19.6 Å². The number of rotatable bonds is 22. The van der Waals surface area contributed by atoms with Crippen molar-refractivity contribution < 1.29 is 0 Å². The average molecular weight is 483 g/mol. The van der Waals surface area contributed by atoms with E-state index in [4.69, 9.17) is 0 Å². The Morgan fingerprint density at radius 3 is 1.60 bits per heavy atom. The highest BCUT2D eigenvalue weighted by Gasteiger charge is 2.13. The fraction of sp³-hybridized carbons (Fsp3) is 0.742. The summed E-state index contributed by atoms with van der Waals surface area (Å²) in [7, 11) is 0. The van der Waals surface area contributed by atoms with Crippen LogP contribution in [-0.4, -0.2) is 39.9 Å². The van der Waals surface area contributed by atoms with Crippen molar-refractivity contribution in [1.82, 2.24) is 20.3 Å². The van der Waals surface area contributed by atoms with Crippen molar-refractivity contribution in [3.8, 4) is 11.3 Å². The first-order chi connectivity index (χ1) is 17.2. The predicted molar refractivity (Wildman–Crippen MR) is 152 cm³/mol. The molecule has 1 heterocycles. The molecule has 0 fully saturated rings. The summed E-state index contributed by atoms with van der Waals surface area (Å²) in [6, 6.07) is 8.64. The summed E-state index contributed by atoms with van der Waals surface area (Å²) in [6.07, 6.45) is 23.2. The van der Waals surface area contributed by atoms with E-state index in [9.17, 15) is 0 Å². The second-order valence-electron chi connectivity index (χ2n) is 10.5. The van der Waals surface area contributed by atoms with Crippen LogP contribution in [-0.2, 0) is 6.42 Å². The van der Waals surface area contributed by atoms with Gasteiger partial charge in [0.15, 0.2) is 0 Å². The van der Waals surface area contributed by atoms with E-state index < -0.39 is 0 Å². The van der Waals surface area contributed by atoms with Crippen molar-refractivity contribution >= 4 is 0 Å². The topological polar surface area (TPSA) is 44.8 Å². The van der Waals surface area contributed by atoms with Gasteiger partial charge in [0.2, 0.25) is 0 Å². The maximum atomic E-state index is 4.51. The number of unbranched alkanes of at least 4 members (excludes halogenated alkanes) is 14. The van der Waals surface area contributed by atoms with Crippen LogP contribution in [0.2, 0.25) is 0 Å². The summed E-state index contributed by atoms with van der Waals surface area (Å²) in [5.41, 5.74) is 4.56. The molecular formula is C31H54N4. The molecule has 35 heavy (non-hydrogen) atoms. The summed E-state index contributed by atoms with van der Waals surface area (Å²) >= 11 is 0. The van der Waals surface area contributed by atoms with Crippen LogP contribution in [0.5, 0.6) is 0 Å². The fourth-order valence-electron chi connectivity index (χ4n) is 4.91. The van der Waals surface area contributed by atoms with Gasteiger partial charge in [-0.2, -0.15) is 15.4 Å². The molecular weight excluding hydrogens is 428 g/mol. The first kappa shape index (κ1) is 29.5. The van der Waals surface area contributed by atoms with Crippen molar-refractivity contribution in [2.24, 2.45) is 0 Å². The van der Waals surface area contributed by atoms with Gasteiger partial charge in [0.1, 0.15) is 5.69 Å². The zero-order valence-electron chi connectivity index (χ0n) is 23.3. The third kappa shape index (κ3) is 13.3. The number of hydrogen-bond donors (Lipinski definition) is 1. The van der Waals surface area contributed by atoms with Gasteiger partial charge in [0, 0.05) is 18.5 Å². The molecule has 0 saturated carbocycles. The Bertz CT molecular complexity index is 717. The largest absolute Gasteiger partial charge is 0.303 e. The van der Waals surface area contributed by atoms with Crippen molar-refractivity contribution in [1.29, 1.82) is 0 Å².